The molecule has 3 rings (SSSR count). The van der Waals surface area contributed by atoms with E-state index in [9.17, 15) is 14.7 Å². The molecule has 0 aliphatic carbocycles. The standard InChI is InChI=1S/C22H31BrN2O5/c1-3-30-22(28)17-5-4-8-25(14-17)21(27)16-6-9-24(10-7-16)13-15-11-18(23)20(26)19(12-15)29-2/h11-12,16-17,26H,3-10,13-14H2,1-2H3. The van der Waals surface area contributed by atoms with Gasteiger partial charge in [0, 0.05) is 25.6 Å². The SMILES string of the molecule is CCOC(=O)C1CCCN(C(=O)C2CCN(Cc3cc(Br)c(O)c(OC)c3)CC2)C1. The van der Waals surface area contributed by atoms with Crippen molar-refractivity contribution in [1.82, 2.24) is 9.80 Å². The number of carbonyl (C=O) groups is 2. The van der Waals surface area contributed by atoms with Gasteiger partial charge in [-0.05, 0) is 79.3 Å². The molecule has 30 heavy (non-hydrogen) atoms. The summed E-state index contributed by atoms with van der Waals surface area (Å²) in [7, 11) is 1.54. The summed E-state index contributed by atoms with van der Waals surface area (Å²) in [5.74, 6) is 0.380. The number of hydrogen-bond acceptors (Lipinski definition) is 6. The van der Waals surface area contributed by atoms with Crippen molar-refractivity contribution in [2.75, 3.05) is 39.9 Å². The molecule has 1 unspecified atom stereocenters. The van der Waals surface area contributed by atoms with Crippen molar-refractivity contribution in [1.29, 1.82) is 0 Å². The molecule has 1 aromatic carbocycles. The van der Waals surface area contributed by atoms with E-state index >= 15 is 0 Å². The molecule has 2 aliphatic heterocycles. The molecule has 0 saturated carbocycles. The van der Waals surface area contributed by atoms with E-state index in [1.54, 1.807) is 0 Å². The first-order valence-electron chi connectivity index (χ1n) is 10.7. The quantitative estimate of drug-likeness (QED) is 0.627. The van der Waals surface area contributed by atoms with E-state index < -0.39 is 0 Å². The Morgan fingerprint density at radius 3 is 2.57 bits per heavy atom. The molecule has 2 aliphatic rings. The predicted molar refractivity (Wildman–Crippen MR) is 116 cm³/mol. The van der Waals surface area contributed by atoms with E-state index in [1.165, 1.54) is 7.11 Å². The zero-order chi connectivity index (χ0) is 21.7. The highest BCUT2D eigenvalue weighted by atomic mass is 79.9. The summed E-state index contributed by atoms with van der Waals surface area (Å²) in [6.07, 6.45) is 3.28. The number of phenolic OH excluding ortho intramolecular Hbond substituents is 1. The molecule has 1 amide bonds. The fraction of sp³-hybridized carbons (Fsp3) is 0.636. The number of likely N-dealkylation sites (tertiary alicyclic amines) is 2. The third-order valence-corrected chi connectivity index (χ3v) is 6.61. The van der Waals surface area contributed by atoms with Crippen molar-refractivity contribution >= 4 is 27.8 Å². The maximum atomic E-state index is 13.0. The lowest BCUT2D eigenvalue weighted by Gasteiger charge is -2.37. The van der Waals surface area contributed by atoms with E-state index in [4.69, 9.17) is 9.47 Å². The van der Waals surface area contributed by atoms with Crippen LogP contribution in [0.3, 0.4) is 0 Å². The molecule has 1 aromatic rings. The minimum Gasteiger partial charge on any atom is -0.503 e. The first-order valence-corrected chi connectivity index (χ1v) is 11.4. The lowest BCUT2D eigenvalue weighted by atomic mass is 9.92. The molecular formula is C22H31BrN2O5. The number of phenols is 1. The van der Waals surface area contributed by atoms with Crippen LogP contribution in [0.25, 0.3) is 0 Å². The average Bonchev–Trinajstić information content (AvgIpc) is 2.76. The summed E-state index contributed by atoms with van der Waals surface area (Å²) < 4.78 is 11.0. The Balaban J connectivity index is 1.52. The largest absolute Gasteiger partial charge is 0.503 e. The van der Waals surface area contributed by atoms with Crippen LogP contribution in [0.1, 0.15) is 38.2 Å². The Morgan fingerprint density at radius 1 is 1.17 bits per heavy atom. The maximum Gasteiger partial charge on any atom is 0.310 e. The summed E-state index contributed by atoms with van der Waals surface area (Å²) in [5, 5.41) is 9.97. The van der Waals surface area contributed by atoms with Gasteiger partial charge in [0.2, 0.25) is 5.91 Å². The molecule has 1 N–H and O–H groups in total. The van der Waals surface area contributed by atoms with Crippen molar-refractivity contribution in [3.05, 3.63) is 22.2 Å². The highest BCUT2D eigenvalue weighted by Crippen LogP contribution is 2.36. The number of esters is 1. The Kier molecular flexibility index (Phi) is 7.99. The second-order valence-electron chi connectivity index (χ2n) is 8.05. The van der Waals surface area contributed by atoms with Gasteiger partial charge >= 0.3 is 5.97 Å². The second-order valence-corrected chi connectivity index (χ2v) is 8.91. The number of nitrogens with zero attached hydrogens (tertiary/aromatic N) is 2. The summed E-state index contributed by atoms with van der Waals surface area (Å²) in [4.78, 5) is 29.3. The van der Waals surface area contributed by atoms with Crippen LogP contribution in [-0.2, 0) is 20.9 Å². The lowest BCUT2D eigenvalue weighted by Crippen LogP contribution is -2.47. The molecule has 0 radical (unpaired) electrons. The van der Waals surface area contributed by atoms with E-state index in [1.807, 2.05) is 24.0 Å². The summed E-state index contributed by atoms with van der Waals surface area (Å²) in [6.45, 7) is 5.83. The van der Waals surface area contributed by atoms with Crippen LogP contribution in [0.4, 0.5) is 0 Å². The van der Waals surface area contributed by atoms with E-state index in [2.05, 4.69) is 20.8 Å². The Morgan fingerprint density at radius 2 is 1.90 bits per heavy atom. The Labute approximate surface area is 186 Å². The van der Waals surface area contributed by atoms with Crippen molar-refractivity contribution < 1.29 is 24.2 Å². The van der Waals surface area contributed by atoms with Crippen molar-refractivity contribution in [3.63, 3.8) is 0 Å². The minimum atomic E-state index is -0.189. The number of piperidine rings is 2. The summed E-state index contributed by atoms with van der Waals surface area (Å²) >= 11 is 3.37. The van der Waals surface area contributed by atoms with Crippen LogP contribution in [-0.4, -0.2) is 66.7 Å². The monoisotopic (exact) mass is 482 g/mol. The number of halogens is 1. The summed E-state index contributed by atoms with van der Waals surface area (Å²) in [5.41, 5.74) is 1.05. The van der Waals surface area contributed by atoms with E-state index in [0.717, 1.165) is 57.4 Å². The molecule has 2 fully saturated rings. The number of ether oxygens (including phenoxy) is 2. The van der Waals surface area contributed by atoms with Crippen LogP contribution in [0, 0.1) is 11.8 Å². The highest BCUT2D eigenvalue weighted by Gasteiger charge is 2.34. The van der Waals surface area contributed by atoms with E-state index in [-0.39, 0.29) is 29.5 Å². The third kappa shape index (κ3) is 5.46. The van der Waals surface area contributed by atoms with Crippen LogP contribution in [0.15, 0.2) is 16.6 Å². The van der Waals surface area contributed by atoms with Crippen LogP contribution in [0.2, 0.25) is 0 Å². The van der Waals surface area contributed by atoms with Crippen molar-refractivity contribution in [3.8, 4) is 11.5 Å². The van der Waals surface area contributed by atoms with Crippen LogP contribution >= 0.6 is 15.9 Å². The van der Waals surface area contributed by atoms with Gasteiger partial charge in [-0.2, -0.15) is 0 Å². The number of benzene rings is 1. The lowest BCUT2D eigenvalue weighted by molar-refractivity contribution is -0.152. The Bertz CT molecular complexity index is 764. The molecule has 7 nitrogen and oxygen atoms in total. The number of carbonyl (C=O) groups excluding carboxylic acids is 2. The predicted octanol–water partition coefficient (Wildman–Crippen LogP) is 3.18. The first-order chi connectivity index (χ1) is 14.4. The number of rotatable bonds is 6. The molecule has 0 spiro atoms. The zero-order valence-corrected chi connectivity index (χ0v) is 19.3. The number of amides is 1. The molecule has 1 atom stereocenters. The van der Waals surface area contributed by atoms with Crippen molar-refractivity contribution in [2.45, 2.75) is 39.2 Å². The second kappa shape index (κ2) is 10.5. The van der Waals surface area contributed by atoms with Gasteiger partial charge in [-0.1, -0.05) is 0 Å². The number of hydrogen-bond donors (Lipinski definition) is 1. The zero-order valence-electron chi connectivity index (χ0n) is 17.7. The normalized spacial score (nSPS) is 20.8. The highest BCUT2D eigenvalue weighted by molar-refractivity contribution is 9.10. The number of aromatic hydroxyl groups is 1. The molecule has 166 valence electrons. The molecule has 2 heterocycles. The smallest absolute Gasteiger partial charge is 0.310 e. The van der Waals surface area contributed by atoms with Gasteiger partial charge in [0.1, 0.15) is 0 Å². The number of methoxy groups -OCH3 is 1. The average molecular weight is 483 g/mol. The fourth-order valence-corrected chi connectivity index (χ4v) is 4.85. The third-order valence-electron chi connectivity index (χ3n) is 6.00. The maximum absolute atomic E-state index is 13.0. The van der Waals surface area contributed by atoms with Gasteiger partial charge < -0.3 is 19.5 Å². The van der Waals surface area contributed by atoms with Crippen LogP contribution < -0.4 is 4.74 Å². The van der Waals surface area contributed by atoms with Crippen LogP contribution in [0.5, 0.6) is 11.5 Å². The molecule has 0 bridgehead atoms. The van der Waals surface area contributed by atoms with Gasteiger partial charge in [0.15, 0.2) is 11.5 Å². The first kappa shape index (κ1) is 22.9. The molecule has 0 aromatic heterocycles. The minimum absolute atomic E-state index is 0.0169. The Hall–Kier alpha value is -1.80. The van der Waals surface area contributed by atoms with Gasteiger partial charge in [-0.3, -0.25) is 14.5 Å². The molecular weight excluding hydrogens is 452 g/mol. The molecule has 2 saturated heterocycles. The topological polar surface area (TPSA) is 79.3 Å². The van der Waals surface area contributed by atoms with Gasteiger partial charge in [0.25, 0.3) is 0 Å². The van der Waals surface area contributed by atoms with Crippen molar-refractivity contribution in [2.24, 2.45) is 11.8 Å². The van der Waals surface area contributed by atoms with E-state index in [0.29, 0.717) is 23.4 Å². The van der Waals surface area contributed by atoms with Gasteiger partial charge in [-0.25, -0.2) is 0 Å². The van der Waals surface area contributed by atoms with Gasteiger partial charge in [-0.15, -0.1) is 0 Å². The summed E-state index contributed by atoms with van der Waals surface area (Å²) in [6, 6.07) is 3.75. The fourth-order valence-electron chi connectivity index (χ4n) is 4.36. The molecule has 8 heteroatoms. The van der Waals surface area contributed by atoms with Gasteiger partial charge in [0.05, 0.1) is 24.1 Å².